The first-order valence-electron chi connectivity index (χ1n) is 9.90. The Morgan fingerprint density at radius 2 is 1.83 bits per heavy atom. The highest BCUT2D eigenvalue weighted by atomic mass is 79.9. The Balaban J connectivity index is 1.57. The molecular formula is C24H25BrN2O2S. The van der Waals surface area contributed by atoms with Crippen molar-refractivity contribution in [2.75, 3.05) is 12.4 Å². The van der Waals surface area contributed by atoms with Crippen molar-refractivity contribution in [2.45, 2.75) is 32.2 Å². The number of nitrogens with zero attached hydrogens (tertiary/aromatic N) is 1. The normalized spacial score (nSPS) is 11.7. The van der Waals surface area contributed by atoms with E-state index in [9.17, 15) is 9.59 Å². The highest BCUT2D eigenvalue weighted by Crippen LogP contribution is 2.25. The molecule has 1 aromatic heterocycles. The summed E-state index contributed by atoms with van der Waals surface area (Å²) in [5, 5.41) is 2.93. The van der Waals surface area contributed by atoms with Crippen molar-refractivity contribution in [1.29, 1.82) is 0 Å². The van der Waals surface area contributed by atoms with E-state index in [-0.39, 0.29) is 17.9 Å². The van der Waals surface area contributed by atoms with Gasteiger partial charge in [-0.15, -0.1) is 11.3 Å². The van der Waals surface area contributed by atoms with E-state index < -0.39 is 0 Å². The molecule has 156 valence electrons. The minimum absolute atomic E-state index is 0.0815. The third-order valence-corrected chi connectivity index (χ3v) is 6.76. The number of aryl methyl sites for hydroxylation is 1. The van der Waals surface area contributed by atoms with Gasteiger partial charge in [0.05, 0.1) is 9.83 Å². The molecule has 30 heavy (non-hydrogen) atoms. The Hall–Kier alpha value is -2.44. The van der Waals surface area contributed by atoms with Gasteiger partial charge in [-0.05, 0) is 77.7 Å². The van der Waals surface area contributed by atoms with E-state index in [2.05, 4.69) is 27.3 Å². The Labute approximate surface area is 190 Å². The van der Waals surface area contributed by atoms with Gasteiger partial charge in [0.25, 0.3) is 5.91 Å². The first-order valence-corrected chi connectivity index (χ1v) is 11.5. The van der Waals surface area contributed by atoms with E-state index in [1.165, 1.54) is 4.88 Å². The van der Waals surface area contributed by atoms with Gasteiger partial charge in [-0.2, -0.15) is 0 Å². The number of rotatable bonds is 8. The second-order valence-electron chi connectivity index (χ2n) is 7.19. The van der Waals surface area contributed by atoms with E-state index >= 15 is 0 Å². The van der Waals surface area contributed by atoms with Gasteiger partial charge in [-0.25, -0.2) is 0 Å². The average molecular weight is 485 g/mol. The number of hydrogen-bond donors (Lipinski definition) is 1. The lowest BCUT2D eigenvalue weighted by Crippen LogP contribution is -2.29. The third kappa shape index (κ3) is 6.03. The molecule has 0 aliphatic heterocycles. The topological polar surface area (TPSA) is 49.4 Å². The molecule has 6 heteroatoms. The van der Waals surface area contributed by atoms with Gasteiger partial charge in [-0.1, -0.05) is 30.3 Å². The largest absolute Gasteiger partial charge is 0.339 e. The van der Waals surface area contributed by atoms with Crippen LogP contribution in [0.4, 0.5) is 5.69 Å². The number of amides is 2. The van der Waals surface area contributed by atoms with Gasteiger partial charge < -0.3 is 10.2 Å². The standard InChI is InChI=1S/C24H25BrN2O2S/c1-17(27(2)23(28)13-7-12-21-14-15-22(25)30-21)19-10-6-11-20(16-19)26-24(29)18-8-4-3-5-9-18/h3-6,8-11,14-17H,7,12-13H2,1-2H3,(H,26,29). The lowest BCUT2D eigenvalue weighted by molar-refractivity contribution is -0.131. The number of hydrogen-bond acceptors (Lipinski definition) is 3. The van der Waals surface area contributed by atoms with Crippen molar-refractivity contribution in [2.24, 2.45) is 0 Å². The molecule has 0 fully saturated rings. The first-order chi connectivity index (χ1) is 14.4. The van der Waals surface area contributed by atoms with Crippen LogP contribution >= 0.6 is 27.3 Å². The zero-order chi connectivity index (χ0) is 21.5. The van der Waals surface area contributed by atoms with E-state index in [4.69, 9.17) is 0 Å². The molecule has 0 radical (unpaired) electrons. The Morgan fingerprint density at radius 1 is 1.07 bits per heavy atom. The van der Waals surface area contributed by atoms with Gasteiger partial charge in [-0.3, -0.25) is 9.59 Å². The fourth-order valence-electron chi connectivity index (χ4n) is 3.18. The third-order valence-electron chi connectivity index (χ3n) is 5.08. The lowest BCUT2D eigenvalue weighted by atomic mass is 10.1. The molecule has 0 aliphatic rings. The van der Waals surface area contributed by atoms with E-state index in [1.54, 1.807) is 28.4 Å². The quantitative estimate of drug-likeness (QED) is 0.407. The maximum Gasteiger partial charge on any atom is 0.255 e. The summed E-state index contributed by atoms with van der Waals surface area (Å²) in [6.07, 6.45) is 2.25. The molecule has 3 rings (SSSR count). The van der Waals surface area contributed by atoms with Crippen molar-refractivity contribution in [1.82, 2.24) is 4.90 Å². The second kappa shape index (κ2) is 10.5. The minimum atomic E-state index is -0.148. The highest BCUT2D eigenvalue weighted by molar-refractivity contribution is 9.11. The summed E-state index contributed by atoms with van der Waals surface area (Å²) in [4.78, 5) is 28.1. The summed E-state index contributed by atoms with van der Waals surface area (Å²) in [6.45, 7) is 2.01. The van der Waals surface area contributed by atoms with E-state index in [0.717, 1.165) is 27.9 Å². The summed E-state index contributed by atoms with van der Waals surface area (Å²) in [5.41, 5.74) is 2.32. The molecule has 1 unspecified atom stereocenters. The first kappa shape index (κ1) is 22.2. The van der Waals surface area contributed by atoms with Crippen molar-refractivity contribution in [3.05, 3.63) is 86.5 Å². The Morgan fingerprint density at radius 3 is 2.53 bits per heavy atom. The SMILES string of the molecule is CC(c1cccc(NC(=O)c2ccccc2)c1)N(C)C(=O)CCCc1ccc(Br)s1. The number of thiophene rings is 1. The van der Waals surface area contributed by atoms with Crippen molar-refractivity contribution in [3.63, 3.8) is 0 Å². The maximum atomic E-state index is 12.7. The van der Waals surface area contributed by atoms with Gasteiger partial charge in [0, 0.05) is 29.6 Å². The fourth-order valence-corrected chi connectivity index (χ4v) is 4.71. The fraction of sp³-hybridized carbons (Fsp3) is 0.250. The van der Waals surface area contributed by atoms with Gasteiger partial charge >= 0.3 is 0 Å². The van der Waals surface area contributed by atoms with Gasteiger partial charge in [0.1, 0.15) is 0 Å². The molecule has 1 heterocycles. The van der Waals surface area contributed by atoms with Crippen LogP contribution in [-0.2, 0) is 11.2 Å². The van der Waals surface area contributed by atoms with Gasteiger partial charge in [0.15, 0.2) is 0 Å². The monoisotopic (exact) mass is 484 g/mol. The van der Waals surface area contributed by atoms with Crippen LogP contribution in [0.1, 0.15) is 46.6 Å². The summed E-state index contributed by atoms with van der Waals surface area (Å²) < 4.78 is 1.12. The second-order valence-corrected chi connectivity index (χ2v) is 9.73. The van der Waals surface area contributed by atoms with Gasteiger partial charge in [0.2, 0.25) is 5.91 Å². The molecule has 2 aromatic carbocycles. The van der Waals surface area contributed by atoms with E-state index in [1.807, 2.05) is 62.5 Å². The van der Waals surface area contributed by atoms with Crippen LogP contribution in [0.2, 0.25) is 0 Å². The average Bonchev–Trinajstić information content (AvgIpc) is 3.18. The predicted octanol–water partition coefficient (Wildman–Crippen LogP) is 6.31. The minimum Gasteiger partial charge on any atom is -0.339 e. The summed E-state index contributed by atoms with van der Waals surface area (Å²) in [5.74, 6) is -0.0260. The van der Waals surface area contributed by atoms with E-state index in [0.29, 0.717) is 12.0 Å². The molecule has 1 N–H and O–H groups in total. The van der Waals surface area contributed by atoms with Crippen LogP contribution in [0.3, 0.4) is 0 Å². The summed E-state index contributed by atoms with van der Waals surface area (Å²) >= 11 is 5.19. The Bertz CT molecular complexity index is 1000. The van der Waals surface area contributed by atoms with Crippen molar-refractivity contribution >= 4 is 44.8 Å². The lowest BCUT2D eigenvalue weighted by Gasteiger charge is -2.26. The van der Waals surface area contributed by atoms with Crippen LogP contribution < -0.4 is 5.32 Å². The van der Waals surface area contributed by atoms with Crippen LogP contribution in [0.15, 0.2) is 70.5 Å². The number of benzene rings is 2. The maximum absolute atomic E-state index is 12.7. The molecule has 2 amide bonds. The molecule has 0 saturated carbocycles. The van der Waals surface area contributed by atoms with Crippen LogP contribution in [0, 0.1) is 0 Å². The molecule has 4 nitrogen and oxygen atoms in total. The smallest absolute Gasteiger partial charge is 0.255 e. The molecule has 1 atom stereocenters. The molecular weight excluding hydrogens is 460 g/mol. The zero-order valence-corrected chi connectivity index (χ0v) is 19.5. The molecule has 3 aromatic rings. The number of halogens is 1. The molecule has 0 saturated heterocycles. The summed E-state index contributed by atoms with van der Waals surface area (Å²) in [6, 6.07) is 20.8. The summed E-state index contributed by atoms with van der Waals surface area (Å²) in [7, 11) is 1.84. The number of carbonyl (C=O) groups is 2. The highest BCUT2D eigenvalue weighted by Gasteiger charge is 2.18. The zero-order valence-electron chi connectivity index (χ0n) is 17.1. The van der Waals surface area contributed by atoms with Crippen LogP contribution in [0.25, 0.3) is 0 Å². The molecule has 0 spiro atoms. The Kier molecular flexibility index (Phi) is 7.82. The predicted molar refractivity (Wildman–Crippen MR) is 127 cm³/mol. The number of anilines is 1. The van der Waals surface area contributed by atoms with Crippen LogP contribution in [0.5, 0.6) is 0 Å². The number of nitrogens with one attached hydrogen (secondary N) is 1. The van der Waals surface area contributed by atoms with Crippen molar-refractivity contribution in [3.8, 4) is 0 Å². The molecule has 0 bridgehead atoms. The molecule has 0 aliphatic carbocycles. The number of carbonyl (C=O) groups excluding carboxylic acids is 2. The van der Waals surface area contributed by atoms with Crippen LogP contribution in [-0.4, -0.2) is 23.8 Å². The van der Waals surface area contributed by atoms with Crippen molar-refractivity contribution < 1.29 is 9.59 Å².